The van der Waals surface area contributed by atoms with E-state index in [4.69, 9.17) is 9.05 Å². The maximum absolute atomic E-state index is 13.1. The van der Waals surface area contributed by atoms with Crippen LogP contribution in [0.2, 0.25) is 0 Å². The van der Waals surface area contributed by atoms with E-state index in [1.165, 1.54) is 167 Å². The Morgan fingerprint density at radius 3 is 0.967 bits per heavy atom. The van der Waals surface area contributed by atoms with E-state index >= 15 is 0 Å². The molecule has 0 saturated heterocycles. The summed E-state index contributed by atoms with van der Waals surface area (Å²) in [7, 11) is 1.26. The van der Waals surface area contributed by atoms with E-state index in [9.17, 15) is 19.4 Å². The molecule has 0 aliphatic heterocycles. The van der Waals surface area contributed by atoms with Crippen molar-refractivity contribution in [2.75, 3.05) is 40.9 Å². The van der Waals surface area contributed by atoms with E-state index in [0.29, 0.717) is 30.3 Å². The van der Waals surface area contributed by atoms with Gasteiger partial charge < -0.3 is 28.8 Å². The number of nitrogens with one attached hydrogen (secondary N) is 1. The van der Waals surface area contributed by atoms with E-state index < -0.39 is 20.0 Å². The minimum atomic E-state index is -4.61. The molecule has 1 amide bonds. The summed E-state index contributed by atoms with van der Waals surface area (Å²) in [5.74, 6) is -0.209. The first-order valence-corrected chi connectivity index (χ1v) is 38.6. The monoisotopic (exact) mass is 1270 g/mol. The predicted octanol–water partition coefficient (Wildman–Crippen LogP) is 23.7. The molecule has 0 saturated carbocycles. The molecule has 0 aromatic carbocycles. The fourth-order valence-electron chi connectivity index (χ4n) is 10.4. The molecule has 90 heavy (non-hydrogen) atoms. The van der Waals surface area contributed by atoms with E-state index in [1.807, 2.05) is 21.1 Å². The van der Waals surface area contributed by atoms with Crippen LogP contribution < -0.4 is 10.2 Å². The van der Waals surface area contributed by atoms with Crippen LogP contribution in [0.1, 0.15) is 309 Å². The number of carbonyl (C=O) groups is 1. The van der Waals surface area contributed by atoms with Crippen LogP contribution in [0, 0.1) is 0 Å². The molecule has 0 bridgehead atoms. The average Bonchev–Trinajstić information content (AvgIpc) is 3.72. The molecule has 0 radical (unpaired) electrons. The maximum Gasteiger partial charge on any atom is 0.268 e. The molecule has 0 aliphatic rings. The van der Waals surface area contributed by atoms with Crippen LogP contribution in [0.15, 0.2) is 146 Å². The van der Waals surface area contributed by atoms with Gasteiger partial charge in [0, 0.05) is 6.42 Å². The van der Waals surface area contributed by atoms with Gasteiger partial charge in [0.15, 0.2) is 0 Å². The molecule has 3 unspecified atom stereocenters. The highest BCUT2D eigenvalue weighted by atomic mass is 31.2. The number of unbranched alkanes of at least 4 members (excludes halogenated alkanes) is 30. The van der Waals surface area contributed by atoms with Crippen molar-refractivity contribution in [2.24, 2.45) is 0 Å². The first-order valence-electron chi connectivity index (χ1n) is 37.2. The van der Waals surface area contributed by atoms with Crippen molar-refractivity contribution in [1.82, 2.24) is 5.32 Å². The van der Waals surface area contributed by atoms with Gasteiger partial charge in [0.25, 0.3) is 7.82 Å². The van der Waals surface area contributed by atoms with E-state index in [-0.39, 0.29) is 19.1 Å². The van der Waals surface area contributed by atoms with Crippen molar-refractivity contribution in [2.45, 2.75) is 321 Å². The largest absolute Gasteiger partial charge is 0.756 e. The van der Waals surface area contributed by atoms with E-state index in [0.717, 1.165) is 109 Å². The summed E-state index contributed by atoms with van der Waals surface area (Å²) < 4.78 is 23.5. The quantitative estimate of drug-likeness (QED) is 0.0272. The molecular weight excluding hydrogens is 1130 g/mol. The predicted molar refractivity (Wildman–Crippen MR) is 394 cm³/mol. The standard InChI is InChI=1S/C81H141N2O6P/c1-6-8-10-12-14-16-18-20-22-24-26-28-30-32-34-36-37-38-39-40-41-42-43-44-45-47-49-51-53-55-57-59-61-63-65-67-69-71-73-75-81(85)82-79(78-89-90(86,87)88-77-76-83(3,4)5)80(84)74-72-70-68-66-64-62-60-58-56-54-52-50-48-46-35-33-31-29-27-25-23-21-19-17-15-13-11-9-7-2/h8,10,14,16,20,22,26,28,32,34,37-38,40-41,43-44,47,49,53,55,59,61,65,67,79-80,84H,6-7,9,11-13,15,17-19,21,23-25,27,29-31,33,35-36,39,42,45-46,48,50-52,54,56-58,60,62-64,66,68-78H2,1-5H3,(H-,82,85,86,87)/b10-8-,16-14-,22-20-,28-26-,34-32-,38-37-,41-40-,44-43-,49-47-,55-53-,61-59-,67-65-. The molecule has 0 aromatic heterocycles. The van der Waals surface area contributed by atoms with Crippen molar-refractivity contribution in [1.29, 1.82) is 0 Å². The molecule has 2 N–H and O–H groups in total. The zero-order valence-electron chi connectivity index (χ0n) is 59.0. The fourth-order valence-corrected chi connectivity index (χ4v) is 11.1. The van der Waals surface area contributed by atoms with Crippen LogP contribution in [-0.4, -0.2) is 68.5 Å². The maximum atomic E-state index is 13.1. The minimum absolute atomic E-state index is 0.00358. The minimum Gasteiger partial charge on any atom is -0.756 e. The van der Waals surface area contributed by atoms with Crippen LogP contribution in [0.3, 0.4) is 0 Å². The van der Waals surface area contributed by atoms with Gasteiger partial charge >= 0.3 is 0 Å². The van der Waals surface area contributed by atoms with Gasteiger partial charge in [-0.3, -0.25) is 9.36 Å². The Kier molecular flexibility index (Phi) is 66.9. The van der Waals surface area contributed by atoms with E-state index in [2.05, 4.69) is 165 Å². The topological polar surface area (TPSA) is 108 Å². The Hall–Kier alpha value is -3.62. The summed E-state index contributed by atoms with van der Waals surface area (Å²) in [5, 5.41) is 14.1. The lowest BCUT2D eigenvalue weighted by Crippen LogP contribution is -2.46. The Morgan fingerprint density at radius 1 is 0.400 bits per heavy atom. The number of carbonyl (C=O) groups excluding carboxylic acids is 1. The number of hydrogen-bond donors (Lipinski definition) is 2. The Bertz CT molecular complexity index is 1980. The second-order valence-electron chi connectivity index (χ2n) is 25.9. The molecule has 9 heteroatoms. The van der Waals surface area contributed by atoms with Crippen molar-refractivity contribution in [3.8, 4) is 0 Å². The van der Waals surface area contributed by atoms with Crippen LogP contribution in [0.4, 0.5) is 0 Å². The van der Waals surface area contributed by atoms with Gasteiger partial charge in [0.1, 0.15) is 13.2 Å². The van der Waals surface area contributed by atoms with Gasteiger partial charge in [0.2, 0.25) is 5.91 Å². The van der Waals surface area contributed by atoms with Crippen LogP contribution in [-0.2, 0) is 18.4 Å². The number of likely N-dealkylation sites (N-methyl/N-ethyl adjacent to an activating group) is 1. The molecular formula is C81H141N2O6P. The van der Waals surface area contributed by atoms with Crippen LogP contribution >= 0.6 is 7.82 Å². The third-order valence-electron chi connectivity index (χ3n) is 16.1. The lowest BCUT2D eigenvalue weighted by atomic mass is 10.0. The zero-order chi connectivity index (χ0) is 65.5. The number of quaternary nitrogens is 1. The smallest absolute Gasteiger partial charge is 0.268 e. The van der Waals surface area contributed by atoms with Gasteiger partial charge in [-0.25, -0.2) is 0 Å². The molecule has 0 aromatic rings. The van der Waals surface area contributed by atoms with Gasteiger partial charge in [-0.2, -0.15) is 0 Å². The van der Waals surface area contributed by atoms with Crippen LogP contribution in [0.25, 0.3) is 0 Å². The lowest BCUT2D eigenvalue weighted by Gasteiger charge is -2.30. The molecule has 0 aliphatic carbocycles. The highest BCUT2D eigenvalue weighted by Crippen LogP contribution is 2.38. The fraction of sp³-hybridized carbons (Fsp3) is 0.691. The number of hydrogen-bond acceptors (Lipinski definition) is 6. The van der Waals surface area contributed by atoms with Gasteiger partial charge in [-0.05, 0) is 103 Å². The second-order valence-corrected chi connectivity index (χ2v) is 27.3. The SMILES string of the molecule is CC/C=C\C/C=C\C/C=C\C/C=C\C/C=C\C/C=C\C/C=C\C/C=C\C/C=C\C/C=C\C/C=C\C/C=C\CCCCC(=O)NC(COP(=O)([O-])OCC[N+](C)(C)C)C(O)CCCCCCCCCCCCCCCCCCCCCCCCCCCCCCC. The van der Waals surface area contributed by atoms with Crippen LogP contribution in [0.5, 0.6) is 0 Å². The average molecular weight is 1270 g/mol. The Morgan fingerprint density at radius 2 is 0.678 bits per heavy atom. The summed E-state index contributed by atoms with van der Waals surface area (Å²) in [5.41, 5.74) is 0. The third-order valence-corrected chi connectivity index (χ3v) is 17.1. The summed E-state index contributed by atoms with van der Waals surface area (Å²) in [6.07, 6.45) is 107. The zero-order valence-corrected chi connectivity index (χ0v) is 59.9. The van der Waals surface area contributed by atoms with Gasteiger partial charge in [0.05, 0.1) is 39.9 Å². The first kappa shape index (κ1) is 86.4. The molecule has 3 atom stereocenters. The van der Waals surface area contributed by atoms with Gasteiger partial charge in [-0.1, -0.05) is 346 Å². The summed E-state index contributed by atoms with van der Waals surface area (Å²) in [4.78, 5) is 25.7. The normalized spacial score (nSPS) is 14.4. The number of rotatable bonds is 67. The van der Waals surface area contributed by atoms with Crippen molar-refractivity contribution >= 4 is 13.7 Å². The van der Waals surface area contributed by atoms with Crippen molar-refractivity contribution in [3.63, 3.8) is 0 Å². The highest BCUT2D eigenvalue weighted by Gasteiger charge is 2.24. The number of amides is 1. The second kappa shape index (κ2) is 69.7. The third kappa shape index (κ3) is 71.8. The van der Waals surface area contributed by atoms with Gasteiger partial charge in [-0.15, -0.1) is 0 Å². The summed E-state index contributed by atoms with van der Waals surface area (Å²) in [6, 6.07) is -0.837. The molecule has 516 valence electrons. The lowest BCUT2D eigenvalue weighted by molar-refractivity contribution is -0.870. The molecule has 0 fully saturated rings. The van der Waals surface area contributed by atoms with Crippen molar-refractivity contribution < 1.29 is 32.9 Å². The molecule has 0 heterocycles. The number of phosphoric ester groups is 1. The molecule has 8 nitrogen and oxygen atoms in total. The number of phosphoric acid groups is 1. The number of aliphatic hydroxyl groups excluding tert-OH is 1. The Labute approximate surface area is 557 Å². The highest BCUT2D eigenvalue weighted by molar-refractivity contribution is 7.45. The Balaban J connectivity index is 4.17. The number of nitrogens with zero attached hydrogens (tertiary/aromatic N) is 1. The number of aliphatic hydroxyl groups is 1. The first-order chi connectivity index (χ1) is 44.0. The number of allylic oxidation sites excluding steroid dienone is 24. The summed E-state index contributed by atoms with van der Waals surface area (Å²) in [6.45, 7) is 4.59. The molecule has 0 rings (SSSR count). The van der Waals surface area contributed by atoms with Crippen molar-refractivity contribution in [3.05, 3.63) is 146 Å². The summed E-state index contributed by atoms with van der Waals surface area (Å²) >= 11 is 0. The molecule has 0 spiro atoms. The van der Waals surface area contributed by atoms with E-state index in [1.54, 1.807) is 0 Å².